The number of hydrogen-bond acceptors (Lipinski definition) is 10. The van der Waals surface area contributed by atoms with Crippen LogP contribution in [0.25, 0.3) is 0 Å². The molecule has 0 aliphatic heterocycles. The van der Waals surface area contributed by atoms with Gasteiger partial charge >= 0.3 is 0 Å². The van der Waals surface area contributed by atoms with Crippen molar-refractivity contribution in [3.05, 3.63) is 0 Å². The van der Waals surface area contributed by atoms with E-state index >= 15 is 0 Å². The van der Waals surface area contributed by atoms with Crippen LogP contribution in [0.2, 0.25) is 0 Å². The van der Waals surface area contributed by atoms with Crippen molar-refractivity contribution in [1.82, 2.24) is 0 Å². The summed E-state index contributed by atoms with van der Waals surface area (Å²) in [5, 5.41) is 18.5. The summed E-state index contributed by atoms with van der Waals surface area (Å²) in [6.45, 7) is 4.28. The van der Waals surface area contributed by atoms with Crippen molar-refractivity contribution in [2.45, 2.75) is 46.3 Å². The minimum Gasteiger partial charge on any atom is -0.396 e. The van der Waals surface area contributed by atoms with Crippen LogP contribution in [-0.4, -0.2) is 75.8 Å². The van der Waals surface area contributed by atoms with Gasteiger partial charge in [-0.15, -0.1) is 0 Å². The van der Waals surface area contributed by atoms with E-state index in [2.05, 4.69) is 0 Å². The first-order valence-corrected chi connectivity index (χ1v) is 11.7. The average molecular weight is 463 g/mol. The zero-order valence-electron chi connectivity index (χ0n) is 16.8. The molecule has 0 saturated carbocycles. The summed E-state index contributed by atoms with van der Waals surface area (Å²) in [6, 6.07) is 0. The predicted molar refractivity (Wildman–Crippen MR) is 102 cm³/mol. The molecule has 0 heterocycles. The number of aliphatic hydroxyl groups is 2. The molecular weight excluding hydrogens is 432 g/mol. The van der Waals surface area contributed by atoms with E-state index in [1.165, 1.54) is 27.7 Å². The second-order valence-electron chi connectivity index (χ2n) is 7.93. The Morgan fingerprint density at radius 1 is 0.793 bits per heavy atom. The number of amides is 2. The quantitative estimate of drug-likeness (QED) is 0.205. The fraction of sp³-hybridized carbons (Fsp3) is 0.867. The van der Waals surface area contributed by atoms with Crippen LogP contribution in [0, 0.1) is 10.8 Å². The Kier molecular flexibility index (Phi) is 9.67. The first-order chi connectivity index (χ1) is 12.9. The highest BCUT2D eigenvalue weighted by atomic mass is 32.2. The maximum atomic E-state index is 12.1. The molecule has 0 fully saturated rings. The van der Waals surface area contributed by atoms with Crippen LogP contribution < -0.4 is 11.5 Å². The lowest BCUT2D eigenvalue weighted by atomic mass is 9.87. The Hall–Kier alpha value is -1.32. The molecule has 0 aliphatic rings. The second kappa shape index (κ2) is 10.1. The molecule has 0 aromatic carbocycles. The van der Waals surface area contributed by atoms with E-state index in [0.717, 1.165) is 0 Å². The minimum atomic E-state index is -4.38. The summed E-state index contributed by atoms with van der Waals surface area (Å²) in [4.78, 5) is 22.9. The van der Waals surface area contributed by atoms with Gasteiger partial charge in [0.2, 0.25) is 11.8 Å². The lowest BCUT2D eigenvalue weighted by Gasteiger charge is -2.29. The van der Waals surface area contributed by atoms with Gasteiger partial charge in [0.25, 0.3) is 20.2 Å². The van der Waals surface area contributed by atoms with Crippen LogP contribution in [0.15, 0.2) is 0 Å². The summed E-state index contributed by atoms with van der Waals surface area (Å²) < 4.78 is 57.8. The first kappa shape index (κ1) is 27.7. The van der Waals surface area contributed by atoms with Gasteiger partial charge in [-0.2, -0.15) is 16.8 Å². The fourth-order valence-electron chi connectivity index (χ4n) is 2.09. The molecule has 2 atom stereocenters. The van der Waals surface area contributed by atoms with Gasteiger partial charge in [0.15, 0.2) is 12.2 Å². The highest BCUT2D eigenvalue weighted by Gasteiger charge is 2.39. The van der Waals surface area contributed by atoms with Crippen molar-refractivity contribution >= 4 is 32.1 Å². The van der Waals surface area contributed by atoms with Crippen molar-refractivity contribution in [3.63, 3.8) is 0 Å². The van der Waals surface area contributed by atoms with E-state index in [1.807, 2.05) is 0 Å². The molecule has 29 heavy (non-hydrogen) atoms. The zero-order chi connectivity index (χ0) is 23.3. The van der Waals surface area contributed by atoms with E-state index in [1.54, 1.807) is 0 Å². The number of rotatable bonds is 14. The maximum Gasteiger partial charge on any atom is 0.268 e. The maximum absolute atomic E-state index is 12.1. The Labute approximate surface area is 170 Å². The van der Waals surface area contributed by atoms with Gasteiger partial charge in [-0.25, -0.2) is 0 Å². The molecule has 12 nitrogen and oxygen atoms in total. The van der Waals surface area contributed by atoms with Crippen molar-refractivity contribution < 1.29 is 45.0 Å². The van der Waals surface area contributed by atoms with Gasteiger partial charge in [-0.1, -0.05) is 27.7 Å². The van der Waals surface area contributed by atoms with Crippen molar-refractivity contribution in [2.75, 3.05) is 24.7 Å². The highest BCUT2D eigenvalue weighted by Crippen LogP contribution is 2.26. The van der Waals surface area contributed by atoms with Crippen LogP contribution in [0.5, 0.6) is 0 Å². The molecule has 172 valence electrons. The highest BCUT2D eigenvalue weighted by molar-refractivity contribution is 7.87. The lowest BCUT2D eigenvalue weighted by molar-refractivity contribution is -0.131. The van der Waals surface area contributed by atoms with Gasteiger partial charge in [0.05, 0.1) is 24.7 Å². The Morgan fingerprint density at radius 3 is 1.28 bits per heavy atom. The second-order valence-corrected chi connectivity index (χ2v) is 11.4. The van der Waals surface area contributed by atoms with Gasteiger partial charge in [0, 0.05) is 10.8 Å². The topological polar surface area (TPSA) is 213 Å². The van der Waals surface area contributed by atoms with Crippen LogP contribution in [0.4, 0.5) is 0 Å². The molecular formula is C15H30N2O10S2. The number of carbonyl (C=O) groups excluding carboxylic acids is 2. The molecule has 0 aromatic heterocycles. The summed E-state index contributed by atoms with van der Waals surface area (Å²) in [5.41, 5.74) is 7.66. The van der Waals surface area contributed by atoms with Crippen molar-refractivity contribution in [3.8, 4) is 0 Å². The number of primary amides is 2. The smallest absolute Gasteiger partial charge is 0.268 e. The lowest BCUT2D eigenvalue weighted by Crippen LogP contribution is -2.47. The third-order valence-corrected chi connectivity index (χ3v) is 6.57. The molecule has 0 unspecified atom stereocenters. The minimum absolute atomic E-state index is 0.485. The molecule has 0 bridgehead atoms. The van der Waals surface area contributed by atoms with E-state index in [-0.39, 0.29) is 0 Å². The standard InChI is InChI=1S/C15H30N2O10S2/c1-14(2,8-18)10(12(16)20)26-28(22,23)6-5-7-29(24,25)27-11(13(17)21)15(3,4)9-19/h10-11,18-19H,5-9H2,1-4H3,(H2,16,20)(H2,17,21)/t10-,11+. The fourth-order valence-corrected chi connectivity index (χ4v) is 4.76. The van der Waals surface area contributed by atoms with Crippen LogP contribution >= 0.6 is 0 Å². The third kappa shape index (κ3) is 8.92. The molecule has 6 N–H and O–H groups in total. The van der Waals surface area contributed by atoms with Gasteiger partial charge in [-0.3, -0.25) is 18.0 Å². The molecule has 0 aromatic rings. The first-order valence-electron chi connectivity index (χ1n) is 8.53. The predicted octanol–water partition coefficient (Wildman–Crippen LogP) is -2.19. The van der Waals surface area contributed by atoms with E-state index in [9.17, 15) is 36.6 Å². The van der Waals surface area contributed by atoms with Crippen molar-refractivity contribution in [2.24, 2.45) is 22.3 Å². The number of aliphatic hydroxyl groups excluding tert-OH is 2. The number of hydrogen-bond donors (Lipinski definition) is 4. The van der Waals surface area contributed by atoms with Crippen molar-refractivity contribution in [1.29, 1.82) is 0 Å². The van der Waals surface area contributed by atoms with Gasteiger partial charge in [0.1, 0.15) is 0 Å². The summed E-state index contributed by atoms with van der Waals surface area (Å²) >= 11 is 0. The Bertz CT molecular complexity index is 724. The molecule has 0 saturated heterocycles. The summed E-state index contributed by atoms with van der Waals surface area (Å²) in [7, 11) is -8.77. The van der Waals surface area contributed by atoms with E-state index in [0.29, 0.717) is 0 Å². The van der Waals surface area contributed by atoms with Crippen LogP contribution in [0.3, 0.4) is 0 Å². The van der Waals surface area contributed by atoms with E-state index in [4.69, 9.17) is 19.8 Å². The summed E-state index contributed by atoms with van der Waals surface area (Å²) in [5.74, 6) is -3.82. The molecule has 14 heteroatoms. The molecule has 0 aliphatic carbocycles. The number of carbonyl (C=O) groups is 2. The van der Waals surface area contributed by atoms with Gasteiger partial charge in [-0.05, 0) is 6.42 Å². The third-order valence-electron chi connectivity index (χ3n) is 4.03. The van der Waals surface area contributed by atoms with Crippen LogP contribution in [0.1, 0.15) is 34.1 Å². The largest absolute Gasteiger partial charge is 0.396 e. The van der Waals surface area contributed by atoms with E-state index < -0.39 is 86.2 Å². The SMILES string of the molecule is CC(C)(CO)[C@H](OS(=O)(=O)CCCS(=O)(=O)O[C@@H](C(N)=O)C(C)(C)CO)C(N)=O. The Balaban J connectivity index is 5.11. The molecule has 0 radical (unpaired) electrons. The monoisotopic (exact) mass is 462 g/mol. The molecule has 0 rings (SSSR count). The molecule has 2 amide bonds. The normalized spacial score (nSPS) is 15.7. The van der Waals surface area contributed by atoms with Gasteiger partial charge < -0.3 is 21.7 Å². The number of nitrogens with two attached hydrogens (primary N) is 2. The summed E-state index contributed by atoms with van der Waals surface area (Å²) in [6.07, 6.45) is -3.80. The average Bonchev–Trinajstić information content (AvgIpc) is 2.56. The zero-order valence-corrected chi connectivity index (χ0v) is 18.5. The van der Waals surface area contributed by atoms with Crippen LogP contribution in [-0.2, 0) is 38.2 Å². The Morgan fingerprint density at radius 2 is 1.07 bits per heavy atom. The molecule has 0 spiro atoms.